The second-order valence-electron chi connectivity index (χ2n) is 7.74. The van der Waals surface area contributed by atoms with Crippen molar-refractivity contribution >= 4 is 28.8 Å². The predicted octanol–water partition coefficient (Wildman–Crippen LogP) is 6.27. The van der Waals surface area contributed by atoms with Crippen LogP contribution in [0.3, 0.4) is 0 Å². The molecule has 0 saturated heterocycles. The number of carbonyl (C=O) groups is 2. The highest BCUT2D eigenvalue weighted by Crippen LogP contribution is 2.27. The van der Waals surface area contributed by atoms with Crippen molar-refractivity contribution in [1.82, 2.24) is 0 Å². The fraction of sp³-hybridized carbons (Fsp3) is 0.231. The van der Waals surface area contributed by atoms with E-state index in [1.54, 1.807) is 0 Å². The van der Waals surface area contributed by atoms with E-state index >= 15 is 0 Å². The third-order valence-corrected chi connectivity index (χ3v) is 5.31. The Morgan fingerprint density at radius 3 is 2.23 bits per heavy atom. The lowest BCUT2D eigenvalue weighted by molar-refractivity contribution is -0.116. The van der Waals surface area contributed by atoms with E-state index in [4.69, 9.17) is 0 Å². The molecule has 4 nitrogen and oxygen atoms in total. The summed E-state index contributed by atoms with van der Waals surface area (Å²) >= 11 is 0. The molecule has 0 aliphatic heterocycles. The van der Waals surface area contributed by atoms with Crippen LogP contribution in [0.25, 0.3) is 0 Å². The number of nitrogens with one attached hydrogen (secondary N) is 2. The monoisotopic (exact) mass is 400 g/mol. The van der Waals surface area contributed by atoms with Crippen molar-refractivity contribution in [3.63, 3.8) is 0 Å². The van der Waals surface area contributed by atoms with Crippen LogP contribution in [0.4, 0.5) is 17.1 Å². The number of ketones is 1. The number of Topliss-reactive ketones (excluding diaryl/α,β-unsaturated/α-hetero) is 1. The minimum atomic E-state index is -0.164. The molecule has 0 bridgehead atoms. The summed E-state index contributed by atoms with van der Waals surface area (Å²) in [7, 11) is 0. The standard InChI is InChI=1S/C26H28N2O2/c1-17-7-5-8-22(15-17)27-23-9-6-10-24(20(23)4)28-26(30)14-13-25(29)21-12-11-18(2)19(3)16-21/h5-12,15-16,27H,13-14H2,1-4H3,(H,28,30). The van der Waals surface area contributed by atoms with E-state index in [1.807, 2.05) is 82.3 Å². The molecule has 0 heterocycles. The molecule has 0 radical (unpaired) electrons. The second-order valence-corrected chi connectivity index (χ2v) is 7.74. The molecule has 4 heteroatoms. The van der Waals surface area contributed by atoms with Crippen molar-refractivity contribution in [3.8, 4) is 0 Å². The SMILES string of the molecule is Cc1cccc(Nc2cccc(NC(=O)CCC(=O)c3ccc(C)c(C)c3)c2C)c1. The van der Waals surface area contributed by atoms with Gasteiger partial charge in [-0.3, -0.25) is 9.59 Å². The van der Waals surface area contributed by atoms with Crippen LogP contribution in [-0.2, 0) is 4.79 Å². The zero-order chi connectivity index (χ0) is 21.7. The van der Waals surface area contributed by atoms with Crippen molar-refractivity contribution in [2.45, 2.75) is 40.5 Å². The van der Waals surface area contributed by atoms with Gasteiger partial charge in [-0.1, -0.05) is 30.3 Å². The maximum atomic E-state index is 12.5. The van der Waals surface area contributed by atoms with Crippen LogP contribution in [-0.4, -0.2) is 11.7 Å². The minimum absolute atomic E-state index is 0.0140. The first-order chi connectivity index (χ1) is 14.3. The van der Waals surface area contributed by atoms with Gasteiger partial charge in [0.05, 0.1) is 0 Å². The van der Waals surface area contributed by atoms with Gasteiger partial charge in [0.25, 0.3) is 0 Å². The average Bonchev–Trinajstić information content (AvgIpc) is 2.71. The van der Waals surface area contributed by atoms with Crippen molar-refractivity contribution in [2.75, 3.05) is 10.6 Å². The third kappa shape index (κ3) is 5.35. The predicted molar refractivity (Wildman–Crippen MR) is 124 cm³/mol. The molecular formula is C26H28N2O2. The molecule has 1 amide bonds. The Balaban J connectivity index is 1.62. The van der Waals surface area contributed by atoms with Gasteiger partial charge in [0.15, 0.2) is 5.78 Å². The Bertz CT molecular complexity index is 1090. The quantitative estimate of drug-likeness (QED) is 0.460. The van der Waals surface area contributed by atoms with Crippen LogP contribution in [0, 0.1) is 27.7 Å². The normalized spacial score (nSPS) is 10.5. The summed E-state index contributed by atoms with van der Waals surface area (Å²) in [6.45, 7) is 8.02. The molecule has 2 N–H and O–H groups in total. The maximum absolute atomic E-state index is 12.5. The molecular weight excluding hydrogens is 372 g/mol. The number of amides is 1. The van der Waals surface area contributed by atoms with Crippen molar-refractivity contribution in [3.05, 3.63) is 88.5 Å². The Labute approximate surface area is 178 Å². The molecule has 0 aliphatic rings. The van der Waals surface area contributed by atoms with Gasteiger partial charge in [-0.05, 0) is 80.3 Å². The first-order valence-corrected chi connectivity index (χ1v) is 10.2. The van der Waals surface area contributed by atoms with Gasteiger partial charge in [-0.25, -0.2) is 0 Å². The summed E-state index contributed by atoms with van der Waals surface area (Å²) in [4.78, 5) is 24.9. The molecule has 30 heavy (non-hydrogen) atoms. The number of benzene rings is 3. The average molecular weight is 401 g/mol. The smallest absolute Gasteiger partial charge is 0.224 e. The number of rotatable bonds is 7. The van der Waals surface area contributed by atoms with Crippen LogP contribution >= 0.6 is 0 Å². The first kappa shape index (κ1) is 21.3. The second kappa shape index (κ2) is 9.40. The summed E-state index contributed by atoms with van der Waals surface area (Å²) in [5.74, 6) is -0.178. The summed E-state index contributed by atoms with van der Waals surface area (Å²) in [5, 5.41) is 6.35. The summed E-state index contributed by atoms with van der Waals surface area (Å²) < 4.78 is 0. The van der Waals surface area contributed by atoms with Gasteiger partial charge < -0.3 is 10.6 Å². The van der Waals surface area contributed by atoms with E-state index < -0.39 is 0 Å². The van der Waals surface area contributed by atoms with Gasteiger partial charge in [-0.2, -0.15) is 0 Å². The number of carbonyl (C=O) groups excluding carboxylic acids is 2. The van der Waals surface area contributed by atoms with Crippen LogP contribution in [0.15, 0.2) is 60.7 Å². The number of hydrogen-bond donors (Lipinski definition) is 2. The lowest BCUT2D eigenvalue weighted by Crippen LogP contribution is -2.14. The highest BCUT2D eigenvalue weighted by atomic mass is 16.2. The van der Waals surface area contributed by atoms with Crippen LogP contribution < -0.4 is 10.6 Å². The molecule has 0 unspecified atom stereocenters. The van der Waals surface area contributed by atoms with Crippen LogP contribution in [0.2, 0.25) is 0 Å². The third-order valence-electron chi connectivity index (χ3n) is 5.31. The number of anilines is 3. The molecule has 0 spiro atoms. The Morgan fingerprint density at radius 1 is 0.767 bits per heavy atom. The molecule has 0 aromatic heterocycles. The molecule has 0 atom stereocenters. The van der Waals surface area contributed by atoms with Crippen LogP contribution in [0.1, 0.15) is 45.5 Å². The van der Waals surface area contributed by atoms with Gasteiger partial charge in [-0.15, -0.1) is 0 Å². The molecule has 154 valence electrons. The van der Waals surface area contributed by atoms with Gasteiger partial charge >= 0.3 is 0 Å². The highest BCUT2D eigenvalue weighted by Gasteiger charge is 2.12. The van der Waals surface area contributed by atoms with E-state index in [9.17, 15) is 9.59 Å². The first-order valence-electron chi connectivity index (χ1n) is 10.2. The van der Waals surface area contributed by atoms with Crippen molar-refractivity contribution in [1.29, 1.82) is 0 Å². The fourth-order valence-corrected chi connectivity index (χ4v) is 3.28. The van der Waals surface area contributed by atoms with Crippen molar-refractivity contribution < 1.29 is 9.59 Å². The lowest BCUT2D eigenvalue weighted by Gasteiger charge is -2.14. The minimum Gasteiger partial charge on any atom is -0.355 e. The van der Waals surface area contributed by atoms with Gasteiger partial charge in [0.1, 0.15) is 0 Å². The van der Waals surface area contributed by atoms with E-state index in [0.29, 0.717) is 5.56 Å². The topological polar surface area (TPSA) is 58.2 Å². The summed E-state index contributed by atoms with van der Waals surface area (Å²) in [6.07, 6.45) is 0.343. The molecule has 0 aliphatic carbocycles. The Kier molecular flexibility index (Phi) is 6.68. The molecule has 0 saturated carbocycles. The largest absolute Gasteiger partial charge is 0.355 e. The molecule has 3 rings (SSSR count). The van der Waals surface area contributed by atoms with E-state index in [0.717, 1.165) is 33.8 Å². The van der Waals surface area contributed by atoms with Crippen molar-refractivity contribution in [2.24, 2.45) is 0 Å². The van der Waals surface area contributed by atoms with Gasteiger partial charge in [0, 0.05) is 35.5 Å². The highest BCUT2D eigenvalue weighted by molar-refractivity contribution is 6.00. The fourth-order valence-electron chi connectivity index (χ4n) is 3.28. The zero-order valence-electron chi connectivity index (χ0n) is 18.0. The van der Waals surface area contributed by atoms with E-state index in [2.05, 4.69) is 16.7 Å². The van der Waals surface area contributed by atoms with E-state index in [1.165, 1.54) is 5.56 Å². The number of aryl methyl sites for hydroxylation is 3. The van der Waals surface area contributed by atoms with Crippen LogP contribution in [0.5, 0.6) is 0 Å². The maximum Gasteiger partial charge on any atom is 0.224 e. The summed E-state index contributed by atoms with van der Waals surface area (Å²) in [6, 6.07) is 19.6. The zero-order valence-corrected chi connectivity index (χ0v) is 18.0. The summed E-state index contributed by atoms with van der Waals surface area (Å²) in [5.41, 5.74) is 7.70. The van der Waals surface area contributed by atoms with Gasteiger partial charge in [0.2, 0.25) is 5.91 Å². The Morgan fingerprint density at radius 2 is 1.50 bits per heavy atom. The van der Waals surface area contributed by atoms with E-state index in [-0.39, 0.29) is 24.5 Å². The molecule has 0 fully saturated rings. The Hall–Kier alpha value is -3.40. The molecule has 3 aromatic rings. The lowest BCUT2D eigenvalue weighted by atomic mass is 10.0. The number of hydrogen-bond acceptors (Lipinski definition) is 3. The molecule has 3 aromatic carbocycles.